The first-order chi connectivity index (χ1) is 8.01. The fourth-order valence-electron chi connectivity index (χ4n) is 1.43. The van der Waals surface area contributed by atoms with Gasteiger partial charge in [-0.2, -0.15) is 3.85 Å². The fourth-order valence-corrected chi connectivity index (χ4v) is 7.91. The molecule has 0 aliphatic heterocycles. The van der Waals surface area contributed by atoms with Crippen molar-refractivity contribution in [3.8, 4) is 0 Å². The highest BCUT2D eigenvalue weighted by Crippen LogP contribution is 2.53. The highest BCUT2D eigenvalue weighted by molar-refractivity contribution is 7.97. The molecular weight excluding hydrogens is 272 g/mol. The van der Waals surface area contributed by atoms with Crippen molar-refractivity contribution in [3.63, 3.8) is 0 Å². The van der Waals surface area contributed by atoms with Crippen molar-refractivity contribution in [2.45, 2.75) is 43.9 Å². The Balaban J connectivity index is 1.97. The summed E-state index contributed by atoms with van der Waals surface area (Å²) in [6.45, 7) is 5.59. The van der Waals surface area contributed by atoms with Crippen LogP contribution in [0.25, 0.3) is 0 Å². The first kappa shape index (κ1) is 13.9. The minimum Gasteiger partial charge on any atom is -0.212 e. The van der Waals surface area contributed by atoms with Crippen molar-refractivity contribution in [1.29, 1.82) is 0 Å². The van der Waals surface area contributed by atoms with Gasteiger partial charge in [-0.1, -0.05) is 13.0 Å². The number of rotatable bonds is 8. The lowest BCUT2D eigenvalue weighted by molar-refractivity contribution is 0.573. The third kappa shape index (κ3) is 4.59. The molecule has 0 aromatic heterocycles. The Hall–Kier alpha value is 0.510. The SMILES string of the molecule is C=C[C@H](C)CS(=O)(=O)N(PC1CC1)PC1CC1. The van der Waals surface area contributed by atoms with Crippen molar-refractivity contribution < 1.29 is 8.42 Å². The summed E-state index contributed by atoms with van der Waals surface area (Å²) in [6, 6.07) is 0. The van der Waals surface area contributed by atoms with Gasteiger partial charge in [-0.05, 0) is 60.4 Å². The predicted molar refractivity (Wildman–Crippen MR) is 77.7 cm³/mol. The van der Waals surface area contributed by atoms with Crippen LogP contribution in [0.15, 0.2) is 12.7 Å². The molecule has 0 amide bonds. The normalized spacial score (nSPS) is 24.1. The van der Waals surface area contributed by atoms with Crippen molar-refractivity contribution in [2.24, 2.45) is 5.92 Å². The van der Waals surface area contributed by atoms with Gasteiger partial charge in [0, 0.05) is 0 Å². The molecule has 2 aliphatic rings. The van der Waals surface area contributed by atoms with Crippen LogP contribution in [0, 0.1) is 5.92 Å². The first-order valence-electron chi connectivity index (χ1n) is 6.19. The predicted octanol–water partition coefficient (Wildman–Crippen LogP) is 2.95. The molecule has 17 heavy (non-hydrogen) atoms. The monoisotopic (exact) mass is 293 g/mol. The summed E-state index contributed by atoms with van der Waals surface area (Å²) in [7, 11) is -2.06. The zero-order valence-electron chi connectivity index (χ0n) is 10.2. The van der Waals surface area contributed by atoms with Crippen LogP contribution in [0.1, 0.15) is 32.6 Å². The molecule has 6 heteroatoms. The summed E-state index contributed by atoms with van der Waals surface area (Å²) in [6.07, 6.45) is 6.61. The quantitative estimate of drug-likeness (QED) is 0.509. The van der Waals surface area contributed by atoms with Crippen molar-refractivity contribution in [1.82, 2.24) is 3.85 Å². The van der Waals surface area contributed by atoms with Crippen LogP contribution in [0.2, 0.25) is 0 Å². The second kappa shape index (κ2) is 5.65. The van der Waals surface area contributed by atoms with Gasteiger partial charge in [0.1, 0.15) is 0 Å². The molecular formula is C11H21NO2P2S. The zero-order valence-corrected chi connectivity index (χ0v) is 13.0. The molecule has 2 aliphatic carbocycles. The van der Waals surface area contributed by atoms with Crippen molar-refractivity contribution in [2.75, 3.05) is 5.75 Å². The van der Waals surface area contributed by atoms with E-state index >= 15 is 0 Å². The molecule has 0 bridgehead atoms. The number of hydrogen-bond donors (Lipinski definition) is 0. The van der Waals surface area contributed by atoms with Gasteiger partial charge in [-0.3, -0.25) is 0 Å². The summed E-state index contributed by atoms with van der Waals surface area (Å²) in [5, 5.41) is 0. The number of hydrogen-bond acceptors (Lipinski definition) is 2. The lowest BCUT2D eigenvalue weighted by atomic mass is 10.2. The zero-order chi connectivity index (χ0) is 12.5. The van der Waals surface area contributed by atoms with Crippen molar-refractivity contribution >= 4 is 27.5 Å². The summed E-state index contributed by atoms with van der Waals surface area (Å²) >= 11 is 0. The molecule has 0 saturated heterocycles. The van der Waals surface area contributed by atoms with Gasteiger partial charge in [-0.25, -0.2) is 8.42 Å². The minimum absolute atomic E-state index is 0.0514. The number of sulfonamides is 1. The molecule has 0 aromatic carbocycles. The summed E-state index contributed by atoms with van der Waals surface area (Å²) in [5.41, 5.74) is 1.32. The maximum Gasteiger partial charge on any atom is 0.220 e. The van der Waals surface area contributed by atoms with E-state index in [0.717, 1.165) is 0 Å². The maximum absolute atomic E-state index is 12.3. The minimum atomic E-state index is -3.06. The standard InChI is InChI=1S/C11H21NO2P2S/c1-3-9(2)8-17(13,14)12(15-10-4-5-10)16-11-6-7-11/h3,9-11,15-16H,1,4-8H2,2H3/t9-/m0/s1. The van der Waals surface area contributed by atoms with Crippen LogP contribution in [-0.2, 0) is 10.0 Å². The average molecular weight is 293 g/mol. The van der Waals surface area contributed by atoms with Crippen molar-refractivity contribution in [3.05, 3.63) is 12.7 Å². The van der Waals surface area contributed by atoms with E-state index in [9.17, 15) is 8.42 Å². The van der Waals surface area contributed by atoms with Gasteiger partial charge in [0.2, 0.25) is 10.0 Å². The highest BCUT2D eigenvalue weighted by Gasteiger charge is 2.35. The first-order valence-corrected chi connectivity index (χ1v) is 9.85. The summed E-state index contributed by atoms with van der Waals surface area (Å²) in [4.78, 5) is 0. The maximum atomic E-state index is 12.3. The average Bonchev–Trinajstić information content (AvgIpc) is 3.10. The second-order valence-corrected chi connectivity index (χ2v) is 11.1. The van der Waals surface area contributed by atoms with Crippen LogP contribution in [0.4, 0.5) is 0 Å². The fraction of sp³-hybridized carbons (Fsp3) is 0.818. The lowest BCUT2D eigenvalue weighted by Gasteiger charge is -2.22. The van der Waals surface area contributed by atoms with E-state index in [1.54, 1.807) is 6.08 Å². The molecule has 0 N–H and O–H groups in total. The molecule has 2 rings (SSSR count). The van der Waals surface area contributed by atoms with Gasteiger partial charge in [0.15, 0.2) is 0 Å². The molecule has 2 unspecified atom stereocenters. The number of allylic oxidation sites excluding steroid dienone is 1. The van der Waals surface area contributed by atoms with E-state index in [1.807, 2.05) is 10.8 Å². The third-order valence-electron chi connectivity index (χ3n) is 2.91. The molecule has 0 aromatic rings. The molecule has 2 saturated carbocycles. The van der Waals surface area contributed by atoms with Gasteiger partial charge in [0.25, 0.3) is 0 Å². The molecule has 3 nitrogen and oxygen atoms in total. The summed E-state index contributed by atoms with van der Waals surface area (Å²) in [5.74, 6) is 0.283. The van der Waals surface area contributed by atoms with Gasteiger partial charge in [0.05, 0.1) is 5.75 Å². The van der Waals surface area contributed by atoms with E-state index < -0.39 is 10.0 Å². The van der Waals surface area contributed by atoms with Crippen LogP contribution in [0.5, 0.6) is 0 Å². The Morgan fingerprint density at radius 1 is 1.29 bits per heavy atom. The van der Waals surface area contributed by atoms with E-state index in [-0.39, 0.29) is 11.7 Å². The van der Waals surface area contributed by atoms with Gasteiger partial charge >= 0.3 is 0 Å². The Bertz CT molecular complexity index is 363. The highest BCUT2D eigenvalue weighted by atomic mass is 32.2. The smallest absolute Gasteiger partial charge is 0.212 e. The Kier molecular flexibility index (Phi) is 4.63. The van der Waals surface area contributed by atoms with E-state index in [4.69, 9.17) is 0 Å². The second-order valence-electron chi connectivity index (χ2n) is 5.06. The Labute approximate surface area is 108 Å². The molecule has 2 fully saturated rings. The molecule has 3 atom stereocenters. The van der Waals surface area contributed by atoms with Gasteiger partial charge < -0.3 is 0 Å². The van der Waals surface area contributed by atoms with E-state index in [2.05, 4.69) is 6.58 Å². The van der Waals surface area contributed by atoms with Crippen LogP contribution >= 0.6 is 17.5 Å². The topological polar surface area (TPSA) is 37.4 Å². The van der Waals surface area contributed by atoms with Crippen LogP contribution in [0.3, 0.4) is 0 Å². The Morgan fingerprint density at radius 2 is 1.76 bits per heavy atom. The largest absolute Gasteiger partial charge is 0.220 e. The van der Waals surface area contributed by atoms with Crippen LogP contribution in [-0.4, -0.2) is 29.3 Å². The van der Waals surface area contributed by atoms with Crippen LogP contribution < -0.4 is 0 Å². The Morgan fingerprint density at radius 3 is 2.12 bits per heavy atom. The lowest BCUT2D eigenvalue weighted by Crippen LogP contribution is -2.23. The van der Waals surface area contributed by atoms with E-state index in [1.165, 1.54) is 25.7 Å². The van der Waals surface area contributed by atoms with E-state index in [0.29, 0.717) is 28.8 Å². The summed E-state index contributed by atoms with van der Waals surface area (Å²) < 4.78 is 26.4. The van der Waals surface area contributed by atoms with Gasteiger partial charge in [-0.15, -0.1) is 6.58 Å². The number of nitrogens with zero attached hydrogens (tertiary/aromatic N) is 1. The molecule has 0 radical (unpaired) electrons. The third-order valence-corrected chi connectivity index (χ3v) is 9.84. The molecule has 0 spiro atoms. The molecule has 98 valence electrons. The molecule has 0 heterocycles.